The standard InChI is InChI=1S/C18H18N4O3S/c1-21-9-22(2)18(26(3)25)16(21)17(24)15-14-11(6-7-19-15)12-8-10(23)4-5-13(12)20-14/h4-8,20,23H,9H2,1-3H3/p+1. The van der Waals surface area contributed by atoms with Crippen molar-refractivity contribution in [3.05, 3.63) is 46.9 Å². The van der Waals surface area contributed by atoms with E-state index in [9.17, 15) is 14.1 Å². The van der Waals surface area contributed by atoms with E-state index in [1.807, 2.05) is 25.1 Å². The minimum Gasteiger partial charge on any atom is -0.508 e. The molecule has 0 aliphatic carbocycles. The van der Waals surface area contributed by atoms with Crippen molar-refractivity contribution in [3.63, 3.8) is 0 Å². The average molecular weight is 371 g/mol. The molecule has 2 atom stereocenters. The van der Waals surface area contributed by atoms with Crippen molar-refractivity contribution in [2.75, 3.05) is 27.0 Å². The molecule has 0 saturated heterocycles. The number of aromatic amines is 1. The van der Waals surface area contributed by atoms with Gasteiger partial charge in [0.05, 0.1) is 23.4 Å². The van der Waals surface area contributed by atoms with Crippen molar-refractivity contribution in [3.8, 4) is 5.75 Å². The molecule has 7 nitrogen and oxygen atoms in total. The van der Waals surface area contributed by atoms with Crippen molar-refractivity contribution in [1.29, 1.82) is 0 Å². The number of Topliss-reactive ketones (excluding diaryl/α,β-unsaturated/α-hetero) is 1. The third-order valence-corrected chi connectivity index (χ3v) is 5.74. The van der Waals surface area contributed by atoms with E-state index in [-0.39, 0.29) is 11.5 Å². The minimum absolute atomic E-state index is 0.163. The molecule has 0 amide bonds. The second kappa shape index (κ2) is 5.93. The van der Waals surface area contributed by atoms with Crippen LogP contribution < -0.4 is 4.90 Å². The number of pyridine rings is 1. The van der Waals surface area contributed by atoms with E-state index in [1.54, 1.807) is 30.7 Å². The number of benzene rings is 1. The summed E-state index contributed by atoms with van der Waals surface area (Å²) in [5, 5.41) is 12.0. The molecule has 134 valence electrons. The van der Waals surface area contributed by atoms with Gasteiger partial charge in [0, 0.05) is 35.8 Å². The molecule has 0 bridgehead atoms. The number of aromatic nitrogens is 2. The normalized spacial score (nSPS) is 18.9. The number of rotatable bonds is 3. The number of hydrogen-bond acceptors (Lipinski definition) is 5. The number of carbonyl (C=O) groups excluding carboxylic acids is 1. The van der Waals surface area contributed by atoms with Gasteiger partial charge in [-0.3, -0.25) is 18.9 Å². The zero-order valence-electron chi connectivity index (χ0n) is 14.7. The van der Waals surface area contributed by atoms with Crippen LogP contribution in [0, 0.1) is 0 Å². The van der Waals surface area contributed by atoms with Crippen LogP contribution in [0.3, 0.4) is 0 Å². The molecule has 1 aromatic carbocycles. The molecular weight excluding hydrogens is 352 g/mol. The fourth-order valence-electron chi connectivity index (χ4n) is 3.64. The quantitative estimate of drug-likeness (QED) is 0.586. The third-order valence-electron chi connectivity index (χ3n) is 4.68. The van der Waals surface area contributed by atoms with E-state index < -0.39 is 10.8 Å². The predicted molar refractivity (Wildman–Crippen MR) is 100 cm³/mol. The summed E-state index contributed by atoms with van der Waals surface area (Å²) in [5.74, 6) is -0.0745. The number of quaternary nitrogens is 1. The summed E-state index contributed by atoms with van der Waals surface area (Å²) in [6, 6.07) is 6.84. The molecule has 2 unspecified atom stereocenters. The highest BCUT2D eigenvalue weighted by molar-refractivity contribution is 7.88. The zero-order chi connectivity index (χ0) is 18.6. The second-order valence-electron chi connectivity index (χ2n) is 6.54. The van der Waals surface area contributed by atoms with Gasteiger partial charge < -0.3 is 15.0 Å². The number of phenols is 1. The van der Waals surface area contributed by atoms with Gasteiger partial charge in [0.1, 0.15) is 11.4 Å². The van der Waals surface area contributed by atoms with E-state index >= 15 is 0 Å². The summed E-state index contributed by atoms with van der Waals surface area (Å²) in [4.78, 5) is 23.6. The van der Waals surface area contributed by atoms with Crippen molar-refractivity contribution in [2.45, 2.75) is 0 Å². The van der Waals surface area contributed by atoms with E-state index in [1.165, 1.54) is 0 Å². The van der Waals surface area contributed by atoms with Gasteiger partial charge in [-0.15, -0.1) is 0 Å². The van der Waals surface area contributed by atoms with Gasteiger partial charge >= 0.3 is 0 Å². The summed E-state index contributed by atoms with van der Waals surface area (Å²) in [7, 11) is 2.44. The Balaban J connectivity index is 1.96. The van der Waals surface area contributed by atoms with Gasteiger partial charge in [-0.1, -0.05) is 0 Å². The topological polar surface area (TPSA) is 90.7 Å². The van der Waals surface area contributed by atoms with Gasteiger partial charge in [-0.25, -0.2) is 0 Å². The van der Waals surface area contributed by atoms with Gasteiger partial charge in [0.2, 0.25) is 5.70 Å². The third kappa shape index (κ3) is 2.41. The monoisotopic (exact) mass is 371 g/mol. The maximum Gasteiger partial charge on any atom is 0.269 e. The number of fused-ring (bicyclic) bond motifs is 3. The number of carbonyl (C=O) groups is 1. The molecule has 0 fully saturated rings. The Morgan fingerprint density at radius 3 is 2.85 bits per heavy atom. The van der Waals surface area contributed by atoms with Crippen molar-refractivity contribution in [1.82, 2.24) is 14.9 Å². The molecule has 0 radical (unpaired) electrons. The van der Waals surface area contributed by atoms with Gasteiger partial charge in [-0.05, 0) is 24.3 Å². The second-order valence-corrected chi connectivity index (χ2v) is 7.83. The molecule has 8 heteroatoms. The molecule has 3 aromatic rings. The average Bonchev–Trinajstić information content (AvgIpc) is 3.10. The maximum atomic E-state index is 13.3. The summed E-state index contributed by atoms with van der Waals surface area (Å²) in [6.07, 6.45) is 3.17. The smallest absolute Gasteiger partial charge is 0.269 e. The lowest BCUT2D eigenvalue weighted by Crippen LogP contribution is -3.07. The van der Waals surface area contributed by atoms with Crippen LogP contribution in [-0.4, -0.2) is 57.0 Å². The first-order valence-corrected chi connectivity index (χ1v) is 9.70. The number of likely N-dealkylation sites (N-methyl/N-ethyl adjacent to an activating group) is 1. The molecule has 3 N–H and O–H groups in total. The van der Waals surface area contributed by atoms with E-state index in [4.69, 9.17) is 0 Å². The van der Waals surface area contributed by atoms with Crippen molar-refractivity contribution in [2.24, 2.45) is 0 Å². The molecule has 2 aromatic heterocycles. The number of phenolic OH excluding ortho intramolecular Hbond substituents is 1. The number of hydrogen-bond donors (Lipinski definition) is 3. The number of aromatic hydroxyl groups is 1. The Kier molecular flexibility index (Phi) is 3.82. The number of H-pyrrole nitrogens is 1. The lowest BCUT2D eigenvalue weighted by molar-refractivity contribution is -0.835. The molecule has 26 heavy (non-hydrogen) atoms. The van der Waals surface area contributed by atoms with Crippen LogP contribution in [0.2, 0.25) is 0 Å². The molecule has 0 saturated carbocycles. The van der Waals surface area contributed by atoms with Crippen molar-refractivity contribution >= 4 is 38.4 Å². The molecule has 1 aliphatic rings. The Morgan fingerprint density at radius 1 is 1.35 bits per heavy atom. The van der Waals surface area contributed by atoms with Gasteiger partial charge in [0.25, 0.3) is 5.78 Å². The van der Waals surface area contributed by atoms with Crippen LogP contribution in [0.1, 0.15) is 10.5 Å². The van der Waals surface area contributed by atoms with Crippen LogP contribution in [0.4, 0.5) is 0 Å². The summed E-state index contributed by atoms with van der Waals surface area (Å²) < 4.78 is 12.2. The first-order chi connectivity index (χ1) is 12.4. The van der Waals surface area contributed by atoms with E-state index in [0.717, 1.165) is 21.2 Å². The predicted octanol–water partition coefficient (Wildman–Crippen LogP) is 0.570. The highest BCUT2D eigenvalue weighted by Gasteiger charge is 2.38. The fraction of sp³-hybridized carbons (Fsp3) is 0.222. The summed E-state index contributed by atoms with van der Waals surface area (Å²) in [6.45, 7) is 0.576. The first-order valence-electron chi connectivity index (χ1n) is 8.14. The molecule has 4 rings (SSSR count). The molecule has 1 aliphatic heterocycles. The summed E-state index contributed by atoms with van der Waals surface area (Å²) in [5.41, 5.74) is 2.21. The largest absolute Gasteiger partial charge is 0.508 e. The maximum absolute atomic E-state index is 13.3. The molecule has 0 spiro atoms. The number of allylic oxidation sites excluding steroid dienone is 1. The highest BCUT2D eigenvalue weighted by atomic mass is 32.2. The van der Waals surface area contributed by atoms with Crippen LogP contribution in [0.15, 0.2) is 41.2 Å². The molecular formula is C18H19N4O3S+. The lowest BCUT2D eigenvalue weighted by Gasteiger charge is -2.10. The lowest BCUT2D eigenvalue weighted by atomic mass is 10.1. The van der Waals surface area contributed by atoms with Gasteiger partial charge in [0.15, 0.2) is 11.7 Å². The van der Waals surface area contributed by atoms with Crippen LogP contribution in [0.5, 0.6) is 5.75 Å². The van der Waals surface area contributed by atoms with E-state index in [2.05, 4.69) is 9.97 Å². The summed E-state index contributed by atoms with van der Waals surface area (Å²) >= 11 is 0. The minimum atomic E-state index is -1.27. The Hall–Kier alpha value is -2.71. The Morgan fingerprint density at radius 2 is 2.12 bits per heavy atom. The zero-order valence-corrected chi connectivity index (χ0v) is 15.5. The Labute approximate surface area is 152 Å². The Bertz CT molecular complexity index is 1120. The van der Waals surface area contributed by atoms with Crippen LogP contribution in [-0.2, 0) is 10.8 Å². The van der Waals surface area contributed by atoms with Crippen LogP contribution in [0.25, 0.3) is 21.8 Å². The fourth-order valence-corrected chi connectivity index (χ4v) is 4.69. The number of ketones is 1. The van der Waals surface area contributed by atoms with E-state index in [0.29, 0.717) is 28.6 Å². The number of nitrogens with zero attached hydrogens (tertiary/aromatic N) is 2. The SMILES string of the molecule is CN1C[NH+](C)C(C(=O)c2nccc3c2[nH]c2ccc(O)cc23)=C1S(C)=O. The highest BCUT2D eigenvalue weighted by Crippen LogP contribution is 2.30. The first kappa shape index (κ1) is 16.7. The molecule has 3 heterocycles. The van der Waals surface area contributed by atoms with Crippen LogP contribution >= 0.6 is 0 Å². The van der Waals surface area contributed by atoms with Crippen molar-refractivity contribution < 1.29 is 19.0 Å². The van der Waals surface area contributed by atoms with Gasteiger partial charge in [-0.2, -0.15) is 0 Å². The number of nitrogens with one attached hydrogen (secondary N) is 2.